The molecule has 0 heterocycles. The van der Waals surface area contributed by atoms with Crippen LogP contribution >= 0.6 is 15.9 Å². The normalized spacial score (nSPS) is 14.4. The van der Waals surface area contributed by atoms with E-state index in [4.69, 9.17) is 0 Å². The van der Waals surface area contributed by atoms with Crippen molar-refractivity contribution in [1.82, 2.24) is 0 Å². The van der Waals surface area contributed by atoms with Crippen LogP contribution in [0.4, 0.5) is 0 Å². The average molecular weight is 277 g/mol. The summed E-state index contributed by atoms with van der Waals surface area (Å²) in [5.74, 6) is 0. The van der Waals surface area contributed by atoms with Crippen LogP contribution in [0.2, 0.25) is 0 Å². The Kier molecular flexibility index (Phi) is 3.13. The molecule has 2 rings (SSSR count). The lowest BCUT2D eigenvalue weighted by Crippen LogP contribution is -2.22. The second-order valence-electron chi connectivity index (χ2n) is 3.95. The molecule has 2 heteroatoms. The van der Waals surface area contributed by atoms with Gasteiger partial charge in [0.2, 0.25) is 0 Å². The Bertz CT molecular complexity index is 477. The van der Waals surface area contributed by atoms with E-state index in [2.05, 4.69) is 15.9 Å². The van der Waals surface area contributed by atoms with Crippen molar-refractivity contribution in [1.29, 1.82) is 0 Å². The highest BCUT2D eigenvalue weighted by Gasteiger charge is 2.25. The molecule has 0 amide bonds. The Balaban J connectivity index is 2.47. The van der Waals surface area contributed by atoms with Gasteiger partial charge in [0.15, 0.2) is 0 Å². The first-order chi connectivity index (χ1) is 7.60. The maximum Gasteiger partial charge on any atom is 0.112 e. The summed E-state index contributed by atoms with van der Waals surface area (Å²) in [7, 11) is 0. The molecule has 2 aromatic rings. The molecule has 0 aliphatic carbocycles. The maximum atomic E-state index is 10.6. The molecule has 0 aromatic heterocycles. The van der Waals surface area contributed by atoms with Crippen molar-refractivity contribution >= 4 is 15.9 Å². The zero-order valence-corrected chi connectivity index (χ0v) is 10.6. The summed E-state index contributed by atoms with van der Waals surface area (Å²) < 4.78 is 0.973. The van der Waals surface area contributed by atoms with Gasteiger partial charge in [-0.3, -0.25) is 0 Å². The van der Waals surface area contributed by atoms with Crippen LogP contribution in [0.5, 0.6) is 0 Å². The van der Waals surface area contributed by atoms with Crippen molar-refractivity contribution in [3.05, 3.63) is 70.2 Å². The molecule has 0 saturated carbocycles. The highest BCUT2D eigenvalue weighted by molar-refractivity contribution is 9.10. The van der Waals surface area contributed by atoms with Crippen LogP contribution < -0.4 is 0 Å². The molecule has 82 valence electrons. The lowest BCUT2D eigenvalue weighted by atomic mass is 9.88. The number of halogens is 1. The third-order valence-corrected chi connectivity index (χ3v) is 3.22. The van der Waals surface area contributed by atoms with E-state index in [1.54, 1.807) is 0 Å². The number of hydrogen-bond acceptors (Lipinski definition) is 1. The Morgan fingerprint density at radius 1 is 0.938 bits per heavy atom. The molecule has 2 aromatic carbocycles. The van der Waals surface area contributed by atoms with Gasteiger partial charge in [-0.25, -0.2) is 0 Å². The minimum atomic E-state index is -0.953. The molecule has 0 fully saturated rings. The zero-order chi connectivity index (χ0) is 11.6. The van der Waals surface area contributed by atoms with Gasteiger partial charge >= 0.3 is 0 Å². The lowest BCUT2D eigenvalue weighted by molar-refractivity contribution is 0.102. The quantitative estimate of drug-likeness (QED) is 0.887. The van der Waals surface area contributed by atoms with E-state index in [0.717, 1.165) is 15.6 Å². The Hall–Kier alpha value is -1.12. The van der Waals surface area contributed by atoms with Gasteiger partial charge in [-0.15, -0.1) is 0 Å². The van der Waals surface area contributed by atoms with Gasteiger partial charge in [0.05, 0.1) is 0 Å². The van der Waals surface area contributed by atoms with Gasteiger partial charge < -0.3 is 5.11 Å². The molecule has 0 bridgehead atoms. The van der Waals surface area contributed by atoms with E-state index >= 15 is 0 Å². The van der Waals surface area contributed by atoms with Crippen LogP contribution in [0.3, 0.4) is 0 Å². The highest BCUT2D eigenvalue weighted by Crippen LogP contribution is 2.30. The van der Waals surface area contributed by atoms with Gasteiger partial charge in [0.25, 0.3) is 0 Å². The molecule has 0 spiro atoms. The Morgan fingerprint density at radius 2 is 1.56 bits per heavy atom. The molecular weight excluding hydrogens is 264 g/mol. The van der Waals surface area contributed by atoms with Gasteiger partial charge in [-0.2, -0.15) is 0 Å². The van der Waals surface area contributed by atoms with Gasteiger partial charge in [-0.05, 0) is 30.2 Å². The average Bonchev–Trinajstić information content (AvgIpc) is 2.30. The van der Waals surface area contributed by atoms with Gasteiger partial charge in [0.1, 0.15) is 5.60 Å². The topological polar surface area (TPSA) is 20.2 Å². The first-order valence-corrected chi connectivity index (χ1v) is 5.94. The monoisotopic (exact) mass is 276 g/mol. The smallest absolute Gasteiger partial charge is 0.112 e. The first-order valence-electron chi connectivity index (χ1n) is 5.14. The summed E-state index contributed by atoms with van der Waals surface area (Å²) >= 11 is 3.42. The fraction of sp³-hybridized carbons (Fsp3) is 0.143. The Morgan fingerprint density at radius 3 is 2.19 bits per heavy atom. The largest absolute Gasteiger partial charge is 0.381 e. The van der Waals surface area contributed by atoms with Crippen molar-refractivity contribution < 1.29 is 5.11 Å². The lowest BCUT2D eigenvalue weighted by Gasteiger charge is -2.24. The van der Waals surface area contributed by atoms with Crippen LogP contribution in [-0.4, -0.2) is 5.11 Å². The molecule has 0 saturated heterocycles. The van der Waals surface area contributed by atoms with Crippen molar-refractivity contribution in [2.24, 2.45) is 0 Å². The number of benzene rings is 2. The minimum Gasteiger partial charge on any atom is -0.381 e. The molecule has 1 nitrogen and oxygen atoms in total. The van der Waals surface area contributed by atoms with Crippen LogP contribution in [0.25, 0.3) is 0 Å². The first kappa shape index (κ1) is 11.4. The molecule has 0 aliphatic rings. The summed E-state index contributed by atoms with van der Waals surface area (Å²) in [6.07, 6.45) is 0. The van der Waals surface area contributed by atoms with E-state index < -0.39 is 5.60 Å². The van der Waals surface area contributed by atoms with Crippen LogP contribution in [-0.2, 0) is 5.60 Å². The Labute approximate surface area is 104 Å². The molecule has 0 radical (unpaired) electrons. The van der Waals surface area contributed by atoms with Crippen LogP contribution in [0.15, 0.2) is 59.1 Å². The summed E-state index contributed by atoms with van der Waals surface area (Å²) in [5, 5.41) is 10.6. The minimum absolute atomic E-state index is 0.882. The molecular formula is C14H13BrO. The number of rotatable bonds is 2. The standard InChI is InChI=1S/C14H13BrO/c1-14(16,11-6-3-2-4-7-11)12-8-5-9-13(15)10-12/h2-10,16H,1H3/t14-/m0/s1. The van der Waals surface area contributed by atoms with Crippen molar-refractivity contribution in [3.8, 4) is 0 Å². The third-order valence-electron chi connectivity index (χ3n) is 2.72. The van der Waals surface area contributed by atoms with Crippen molar-refractivity contribution in [3.63, 3.8) is 0 Å². The number of hydrogen-bond donors (Lipinski definition) is 1. The van der Waals surface area contributed by atoms with E-state index in [9.17, 15) is 5.11 Å². The highest BCUT2D eigenvalue weighted by atomic mass is 79.9. The fourth-order valence-corrected chi connectivity index (χ4v) is 2.12. The SMILES string of the molecule is C[C@](O)(c1ccccc1)c1cccc(Br)c1. The molecule has 16 heavy (non-hydrogen) atoms. The van der Waals surface area contributed by atoms with E-state index in [-0.39, 0.29) is 0 Å². The van der Waals surface area contributed by atoms with Crippen molar-refractivity contribution in [2.45, 2.75) is 12.5 Å². The molecule has 0 aliphatic heterocycles. The summed E-state index contributed by atoms with van der Waals surface area (Å²) in [6, 6.07) is 17.4. The second kappa shape index (κ2) is 4.40. The zero-order valence-electron chi connectivity index (χ0n) is 9.02. The van der Waals surface area contributed by atoms with E-state index in [1.165, 1.54) is 0 Å². The van der Waals surface area contributed by atoms with Gasteiger partial charge in [-0.1, -0.05) is 58.4 Å². The van der Waals surface area contributed by atoms with Crippen molar-refractivity contribution in [2.75, 3.05) is 0 Å². The predicted octanol–water partition coefficient (Wildman–Crippen LogP) is 3.70. The molecule has 0 unspecified atom stereocenters. The summed E-state index contributed by atoms with van der Waals surface area (Å²) in [5.41, 5.74) is 0.826. The van der Waals surface area contributed by atoms with E-state index in [0.29, 0.717) is 0 Å². The van der Waals surface area contributed by atoms with Gasteiger partial charge in [0, 0.05) is 4.47 Å². The number of aliphatic hydroxyl groups is 1. The van der Waals surface area contributed by atoms with E-state index in [1.807, 2.05) is 61.5 Å². The summed E-state index contributed by atoms with van der Waals surface area (Å²) in [6.45, 7) is 1.81. The third kappa shape index (κ3) is 2.18. The molecule has 1 atom stereocenters. The fourth-order valence-electron chi connectivity index (χ4n) is 1.72. The summed E-state index contributed by atoms with van der Waals surface area (Å²) in [4.78, 5) is 0. The van der Waals surface area contributed by atoms with Crippen LogP contribution in [0, 0.1) is 0 Å². The maximum absolute atomic E-state index is 10.6. The predicted molar refractivity (Wildman–Crippen MR) is 69.3 cm³/mol. The van der Waals surface area contributed by atoms with Crippen LogP contribution in [0.1, 0.15) is 18.1 Å². The molecule has 1 N–H and O–H groups in total. The second-order valence-corrected chi connectivity index (χ2v) is 4.86.